The number of benzene rings is 2. The third-order valence-corrected chi connectivity index (χ3v) is 4.39. The number of aromatic nitrogens is 3. The quantitative estimate of drug-likeness (QED) is 0.527. The Morgan fingerprint density at radius 3 is 2.39 bits per heavy atom. The number of hydrogen-bond acceptors (Lipinski definition) is 6. The van der Waals surface area contributed by atoms with Crippen molar-refractivity contribution >= 4 is 16.6 Å². The summed E-state index contributed by atoms with van der Waals surface area (Å²) < 4.78 is 11.8. The predicted octanol–water partition coefficient (Wildman–Crippen LogP) is 5.06. The van der Waals surface area contributed by atoms with Gasteiger partial charge in [-0.05, 0) is 43.2 Å². The van der Waals surface area contributed by atoms with Gasteiger partial charge in [0.25, 0.3) is 0 Å². The number of fused-ring (bicyclic) bond motifs is 1. The van der Waals surface area contributed by atoms with Crippen LogP contribution in [0.3, 0.4) is 0 Å². The second-order valence-electron chi connectivity index (χ2n) is 6.38. The minimum absolute atomic E-state index is 0.228. The molecule has 0 spiro atoms. The Bertz CT molecular complexity index is 1130. The zero-order valence-corrected chi connectivity index (χ0v) is 15.7. The number of nitrogens with zero attached hydrogens (tertiary/aromatic N) is 3. The number of nitrogen functional groups attached to an aromatic ring is 1. The van der Waals surface area contributed by atoms with E-state index in [4.69, 9.17) is 15.2 Å². The van der Waals surface area contributed by atoms with Gasteiger partial charge >= 0.3 is 0 Å². The van der Waals surface area contributed by atoms with Gasteiger partial charge in [-0.25, -0.2) is 4.98 Å². The normalized spacial score (nSPS) is 10.8. The molecule has 0 saturated carbocycles. The monoisotopic (exact) mass is 372 g/mol. The Hall–Kier alpha value is -3.67. The van der Waals surface area contributed by atoms with Crippen molar-refractivity contribution in [3.63, 3.8) is 0 Å². The molecule has 0 fully saturated rings. The molecule has 0 unspecified atom stereocenters. The van der Waals surface area contributed by atoms with Gasteiger partial charge in [-0.2, -0.15) is 9.97 Å². The van der Waals surface area contributed by atoms with Gasteiger partial charge in [0.1, 0.15) is 17.6 Å². The van der Waals surface area contributed by atoms with Gasteiger partial charge in [-0.3, -0.25) is 0 Å². The number of nitrogens with two attached hydrogens (primary N) is 1. The number of ether oxygens (including phenoxy) is 2. The SMILES string of the molecule is CCc1ccc(Oc2ncnc(Oc3cccc4ccc(C)nc34)c2N)cc1. The Morgan fingerprint density at radius 2 is 1.64 bits per heavy atom. The molecule has 6 heteroatoms. The van der Waals surface area contributed by atoms with E-state index in [1.165, 1.54) is 11.9 Å². The van der Waals surface area contributed by atoms with Crippen LogP contribution in [0.1, 0.15) is 18.2 Å². The van der Waals surface area contributed by atoms with E-state index in [9.17, 15) is 0 Å². The van der Waals surface area contributed by atoms with Crippen LogP contribution in [0.4, 0.5) is 5.69 Å². The molecule has 0 atom stereocenters. The average molecular weight is 372 g/mol. The zero-order valence-electron chi connectivity index (χ0n) is 15.7. The Morgan fingerprint density at radius 1 is 0.893 bits per heavy atom. The Balaban J connectivity index is 1.64. The van der Waals surface area contributed by atoms with Crippen LogP contribution in [-0.4, -0.2) is 15.0 Å². The molecule has 4 rings (SSSR count). The topological polar surface area (TPSA) is 83.2 Å². The predicted molar refractivity (Wildman–Crippen MR) is 109 cm³/mol. The van der Waals surface area contributed by atoms with Crippen LogP contribution < -0.4 is 15.2 Å². The van der Waals surface area contributed by atoms with Gasteiger partial charge in [0.2, 0.25) is 11.8 Å². The molecule has 2 aromatic heterocycles. The van der Waals surface area contributed by atoms with Crippen molar-refractivity contribution in [1.82, 2.24) is 15.0 Å². The number of hydrogen-bond donors (Lipinski definition) is 1. The lowest BCUT2D eigenvalue weighted by molar-refractivity contribution is 0.440. The van der Waals surface area contributed by atoms with Gasteiger partial charge in [0.05, 0.1) is 0 Å². The Labute approximate surface area is 163 Å². The molecule has 0 bridgehead atoms. The second kappa shape index (κ2) is 7.52. The minimum atomic E-state index is 0.228. The fourth-order valence-corrected chi connectivity index (χ4v) is 2.84. The summed E-state index contributed by atoms with van der Waals surface area (Å²) in [6, 6.07) is 17.5. The lowest BCUT2D eigenvalue weighted by Crippen LogP contribution is -2.01. The summed E-state index contributed by atoms with van der Waals surface area (Å²) in [6.45, 7) is 4.04. The molecule has 2 aromatic carbocycles. The molecule has 0 saturated heterocycles. The number of aryl methyl sites for hydroxylation is 2. The molecule has 140 valence electrons. The van der Waals surface area contributed by atoms with Crippen LogP contribution in [0.2, 0.25) is 0 Å². The van der Waals surface area contributed by atoms with Crippen molar-refractivity contribution in [2.75, 3.05) is 5.73 Å². The summed E-state index contributed by atoms with van der Waals surface area (Å²) in [6.07, 6.45) is 2.33. The van der Waals surface area contributed by atoms with Gasteiger partial charge in [0.15, 0.2) is 11.4 Å². The van der Waals surface area contributed by atoms with E-state index in [-0.39, 0.29) is 17.4 Å². The van der Waals surface area contributed by atoms with E-state index >= 15 is 0 Å². The molecule has 2 heterocycles. The lowest BCUT2D eigenvalue weighted by atomic mass is 10.2. The first-order valence-corrected chi connectivity index (χ1v) is 9.05. The fourth-order valence-electron chi connectivity index (χ4n) is 2.84. The van der Waals surface area contributed by atoms with Crippen molar-refractivity contribution in [1.29, 1.82) is 0 Å². The first-order chi connectivity index (χ1) is 13.6. The molecule has 0 radical (unpaired) electrons. The molecular formula is C22H20N4O2. The molecule has 28 heavy (non-hydrogen) atoms. The maximum Gasteiger partial charge on any atom is 0.249 e. The molecule has 6 nitrogen and oxygen atoms in total. The van der Waals surface area contributed by atoms with Crippen molar-refractivity contribution in [2.45, 2.75) is 20.3 Å². The summed E-state index contributed by atoms with van der Waals surface area (Å²) >= 11 is 0. The standard InChI is InChI=1S/C22H20N4O2/c1-3-15-8-11-17(12-9-15)27-21-19(23)22(25-13-24-21)28-18-6-4-5-16-10-7-14(2)26-20(16)18/h4-13H,3,23H2,1-2H3. The van der Waals surface area contributed by atoms with E-state index < -0.39 is 0 Å². The zero-order chi connectivity index (χ0) is 19.5. The summed E-state index contributed by atoms with van der Waals surface area (Å²) in [5.41, 5.74) is 9.32. The molecule has 2 N–H and O–H groups in total. The highest BCUT2D eigenvalue weighted by molar-refractivity contribution is 5.85. The largest absolute Gasteiger partial charge is 0.437 e. The molecule has 4 aromatic rings. The lowest BCUT2D eigenvalue weighted by Gasteiger charge is -2.12. The fraction of sp³-hybridized carbons (Fsp3) is 0.136. The van der Waals surface area contributed by atoms with Gasteiger partial charge in [-0.15, -0.1) is 0 Å². The van der Waals surface area contributed by atoms with Gasteiger partial charge < -0.3 is 15.2 Å². The van der Waals surface area contributed by atoms with Crippen molar-refractivity contribution in [3.05, 3.63) is 72.2 Å². The highest BCUT2D eigenvalue weighted by Crippen LogP contribution is 2.35. The van der Waals surface area contributed by atoms with Crippen LogP contribution >= 0.6 is 0 Å². The molecule has 0 aliphatic carbocycles. The van der Waals surface area contributed by atoms with Crippen molar-refractivity contribution < 1.29 is 9.47 Å². The van der Waals surface area contributed by atoms with Crippen LogP contribution in [-0.2, 0) is 6.42 Å². The number of para-hydroxylation sites is 1. The number of rotatable bonds is 5. The maximum atomic E-state index is 6.21. The van der Waals surface area contributed by atoms with Crippen molar-refractivity contribution in [3.8, 4) is 23.3 Å². The van der Waals surface area contributed by atoms with Gasteiger partial charge in [0, 0.05) is 11.1 Å². The number of anilines is 1. The molecule has 0 amide bonds. The molecule has 0 aliphatic rings. The summed E-state index contributed by atoms with van der Waals surface area (Å²) in [4.78, 5) is 12.9. The average Bonchev–Trinajstić information content (AvgIpc) is 2.72. The summed E-state index contributed by atoms with van der Waals surface area (Å²) in [5.74, 6) is 1.70. The minimum Gasteiger partial charge on any atom is -0.437 e. The molecule has 0 aliphatic heterocycles. The van der Waals surface area contributed by atoms with E-state index in [1.807, 2.05) is 61.5 Å². The van der Waals surface area contributed by atoms with Crippen LogP contribution in [0.5, 0.6) is 23.3 Å². The van der Waals surface area contributed by atoms with E-state index in [0.717, 1.165) is 23.0 Å². The van der Waals surface area contributed by atoms with E-state index in [1.54, 1.807) is 0 Å². The summed E-state index contributed by atoms with van der Waals surface area (Å²) in [7, 11) is 0. The highest BCUT2D eigenvalue weighted by atomic mass is 16.5. The Kier molecular flexibility index (Phi) is 4.76. The first-order valence-electron chi connectivity index (χ1n) is 9.05. The maximum absolute atomic E-state index is 6.21. The molecular weight excluding hydrogens is 352 g/mol. The summed E-state index contributed by atoms with van der Waals surface area (Å²) in [5, 5.41) is 0.975. The highest BCUT2D eigenvalue weighted by Gasteiger charge is 2.14. The second-order valence-corrected chi connectivity index (χ2v) is 6.38. The van der Waals surface area contributed by atoms with Crippen LogP contribution in [0, 0.1) is 6.92 Å². The van der Waals surface area contributed by atoms with E-state index in [2.05, 4.69) is 21.9 Å². The number of pyridine rings is 1. The van der Waals surface area contributed by atoms with Crippen molar-refractivity contribution in [2.24, 2.45) is 0 Å². The first kappa shape index (κ1) is 17.7. The van der Waals surface area contributed by atoms with E-state index in [0.29, 0.717) is 11.5 Å². The third kappa shape index (κ3) is 3.57. The third-order valence-electron chi connectivity index (χ3n) is 4.39. The smallest absolute Gasteiger partial charge is 0.249 e. The van der Waals surface area contributed by atoms with Crippen LogP contribution in [0.25, 0.3) is 10.9 Å². The van der Waals surface area contributed by atoms with Gasteiger partial charge in [-0.1, -0.05) is 37.3 Å². The van der Waals surface area contributed by atoms with Crippen LogP contribution in [0.15, 0.2) is 60.9 Å².